The number of benzene rings is 2. The number of hydrogen-bond donors (Lipinski definition) is 2. The van der Waals surface area contributed by atoms with Gasteiger partial charge in [-0.15, -0.1) is 0 Å². The lowest BCUT2D eigenvalue weighted by Gasteiger charge is -2.27. The number of carboxylic acids is 2. The van der Waals surface area contributed by atoms with Crippen LogP contribution in [0.5, 0.6) is 0 Å². The van der Waals surface area contributed by atoms with Gasteiger partial charge in [0, 0.05) is 5.57 Å². The van der Waals surface area contributed by atoms with Crippen LogP contribution in [0, 0.1) is 5.41 Å². The van der Waals surface area contributed by atoms with Gasteiger partial charge in [-0.05, 0) is 24.0 Å². The molecule has 0 amide bonds. The van der Waals surface area contributed by atoms with Gasteiger partial charge in [0.05, 0.1) is 39.3 Å². The molecule has 10 heteroatoms. The van der Waals surface area contributed by atoms with Crippen molar-refractivity contribution in [3.8, 4) is 0 Å². The first kappa shape index (κ1) is 31.2. The van der Waals surface area contributed by atoms with Crippen LogP contribution in [0.25, 0.3) is 0 Å². The van der Waals surface area contributed by atoms with Crippen LogP contribution >= 0.6 is 0 Å². The minimum absolute atomic E-state index is 0.0604. The van der Waals surface area contributed by atoms with Crippen LogP contribution in [-0.2, 0) is 51.0 Å². The molecule has 0 aliphatic rings. The van der Waals surface area contributed by atoms with Gasteiger partial charge in [-0.25, -0.2) is 4.79 Å². The standard InChI is InChI=1S/C29H34O10/c1-22(27(32)33)29(28(34)35,20-25(30)38-18-16-36-14-12-23-8-4-2-5-9-23)21-26(31)39-19-17-37-15-13-24-10-6-3-7-11-24/h2-11H,1,12-21H2,(H,32,33)(H,34,35). The highest BCUT2D eigenvalue weighted by molar-refractivity contribution is 6.00. The van der Waals surface area contributed by atoms with Gasteiger partial charge in [0.2, 0.25) is 0 Å². The van der Waals surface area contributed by atoms with Gasteiger partial charge in [0.25, 0.3) is 0 Å². The Bertz CT molecular complexity index is 1020. The maximum Gasteiger partial charge on any atom is 0.332 e. The first-order valence-corrected chi connectivity index (χ1v) is 12.5. The number of carbonyl (C=O) groups is 4. The Kier molecular flexibility index (Phi) is 13.4. The van der Waals surface area contributed by atoms with E-state index in [2.05, 4.69) is 6.58 Å². The van der Waals surface area contributed by atoms with Crippen molar-refractivity contribution in [2.24, 2.45) is 5.41 Å². The second-order valence-electron chi connectivity index (χ2n) is 8.66. The molecule has 0 aliphatic carbocycles. The summed E-state index contributed by atoms with van der Waals surface area (Å²) in [5.41, 5.74) is -1.11. The molecule has 0 heterocycles. The van der Waals surface area contributed by atoms with Crippen molar-refractivity contribution in [3.63, 3.8) is 0 Å². The molecule has 0 aromatic heterocycles. The Hall–Kier alpha value is -4.02. The van der Waals surface area contributed by atoms with E-state index in [4.69, 9.17) is 18.9 Å². The molecule has 210 valence electrons. The third-order valence-electron chi connectivity index (χ3n) is 5.87. The number of ether oxygens (including phenoxy) is 4. The van der Waals surface area contributed by atoms with E-state index in [0.29, 0.717) is 26.1 Å². The first-order chi connectivity index (χ1) is 18.7. The monoisotopic (exact) mass is 542 g/mol. The number of aliphatic carboxylic acids is 2. The summed E-state index contributed by atoms with van der Waals surface area (Å²) in [6.07, 6.45) is -0.509. The van der Waals surface area contributed by atoms with Crippen molar-refractivity contribution >= 4 is 23.9 Å². The lowest BCUT2D eigenvalue weighted by atomic mass is 9.75. The molecule has 0 bridgehead atoms. The van der Waals surface area contributed by atoms with Gasteiger partial charge in [-0.2, -0.15) is 0 Å². The molecule has 0 radical (unpaired) electrons. The maximum absolute atomic E-state index is 12.4. The van der Waals surface area contributed by atoms with E-state index < -0.39 is 47.7 Å². The predicted molar refractivity (Wildman–Crippen MR) is 140 cm³/mol. The van der Waals surface area contributed by atoms with Crippen LogP contribution in [0.15, 0.2) is 72.8 Å². The Morgan fingerprint density at radius 3 is 1.41 bits per heavy atom. The van der Waals surface area contributed by atoms with Gasteiger partial charge >= 0.3 is 23.9 Å². The number of hydrogen-bond acceptors (Lipinski definition) is 8. The molecular weight excluding hydrogens is 508 g/mol. The molecule has 0 fully saturated rings. The Labute approximate surface area is 227 Å². The molecule has 39 heavy (non-hydrogen) atoms. The van der Waals surface area contributed by atoms with Crippen LogP contribution in [-0.4, -0.2) is 73.7 Å². The van der Waals surface area contributed by atoms with Crippen LogP contribution in [0.4, 0.5) is 0 Å². The molecule has 2 aromatic carbocycles. The fraction of sp³-hybridized carbons (Fsp3) is 0.379. The van der Waals surface area contributed by atoms with E-state index in [1.165, 1.54) is 0 Å². The Balaban J connectivity index is 1.80. The SMILES string of the molecule is C=C(C(=O)O)C(CC(=O)OCCOCCc1ccccc1)(CC(=O)OCCOCCc1ccccc1)C(=O)O. The fourth-order valence-electron chi connectivity index (χ4n) is 3.66. The van der Waals surface area contributed by atoms with E-state index in [1.807, 2.05) is 60.7 Å². The summed E-state index contributed by atoms with van der Waals surface area (Å²) in [5.74, 6) is -5.39. The third kappa shape index (κ3) is 11.1. The second kappa shape index (κ2) is 16.7. The molecule has 2 aromatic rings. The summed E-state index contributed by atoms with van der Waals surface area (Å²) < 4.78 is 20.9. The van der Waals surface area contributed by atoms with E-state index in [-0.39, 0.29) is 26.4 Å². The predicted octanol–water partition coefficient (Wildman–Crippen LogP) is 3.08. The lowest BCUT2D eigenvalue weighted by molar-refractivity contribution is -0.163. The van der Waals surface area contributed by atoms with Crippen molar-refractivity contribution in [1.82, 2.24) is 0 Å². The van der Waals surface area contributed by atoms with Crippen LogP contribution in [0.2, 0.25) is 0 Å². The summed E-state index contributed by atoms with van der Waals surface area (Å²) in [6.45, 7) is 3.86. The molecule has 0 unspecified atom stereocenters. The van der Waals surface area contributed by atoms with Gasteiger partial charge in [-0.1, -0.05) is 67.2 Å². The molecule has 0 spiro atoms. The molecule has 0 atom stereocenters. The van der Waals surface area contributed by atoms with Crippen LogP contribution < -0.4 is 0 Å². The van der Waals surface area contributed by atoms with Gasteiger partial charge in [0.15, 0.2) is 0 Å². The zero-order valence-electron chi connectivity index (χ0n) is 21.7. The number of rotatable bonds is 19. The summed E-state index contributed by atoms with van der Waals surface area (Å²) in [4.78, 5) is 48.6. The molecule has 0 saturated carbocycles. The fourth-order valence-corrected chi connectivity index (χ4v) is 3.66. The zero-order valence-corrected chi connectivity index (χ0v) is 21.7. The summed E-state index contributed by atoms with van der Waals surface area (Å²) in [6, 6.07) is 19.3. The molecule has 10 nitrogen and oxygen atoms in total. The molecule has 2 rings (SSSR count). The minimum atomic E-state index is -2.44. The second-order valence-corrected chi connectivity index (χ2v) is 8.66. The van der Waals surface area contributed by atoms with Crippen molar-refractivity contribution in [2.45, 2.75) is 25.7 Å². The van der Waals surface area contributed by atoms with Crippen LogP contribution in [0.3, 0.4) is 0 Å². The summed E-state index contributed by atoms with van der Waals surface area (Å²) >= 11 is 0. The number of carbonyl (C=O) groups excluding carboxylic acids is 2. The Morgan fingerprint density at radius 1 is 0.641 bits per heavy atom. The number of carboxylic acid groups (broad SMARTS) is 2. The largest absolute Gasteiger partial charge is 0.481 e. The van der Waals surface area contributed by atoms with E-state index in [9.17, 15) is 29.4 Å². The topological polar surface area (TPSA) is 146 Å². The van der Waals surface area contributed by atoms with E-state index >= 15 is 0 Å². The average Bonchev–Trinajstić information content (AvgIpc) is 2.92. The highest BCUT2D eigenvalue weighted by atomic mass is 16.6. The third-order valence-corrected chi connectivity index (χ3v) is 5.87. The minimum Gasteiger partial charge on any atom is -0.481 e. The van der Waals surface area contributed by atoms with E-state index in [0.717, 1.165) is 11.1 Å². The van der Waals surface area contributed by atoms with Crippen molar-refractivity contribution < 1.29 is 48.3 Å². The van der Waals surface area contributed by atoms with E-state index in [1.54, 1.807) is 0 Å². The van der Waals surface area contributed by atoms with Gasteiger partial charge in [-0.3, -0.25) is 14.4 Å². The van der Waals surface area contributed by atoms with Crippen LogP contribution in [0.1, 0.15) is 24.0 Å². The maximum atomic E-state index is 12.4. The molecule has 0 saturated heterocycles. The van der Waals surface area contributed by atoms with Crippen molar-refractivity contribution in [2.75, 3.05) is 39.6 Å². The quantitative estimate of drug-likeness (QED) is 0.154. The summed E-state index contributed by atoms with van der Waals surface area (Å²) in [5, 5.41) is 19.3. The highest BCUT2D eigenvalue weighted by Crippen LogP contribution is 2.36. The Morgan fingerprint density at radius 2 is 1.05 bits per heavy atom. The molecule has 2 N–H and O–H groups in total. The van der Waals surface area contributed by atoms with Gasteiger partial charge in [0.1, 0.15) is 18.6 Å². The smallest absolute Gasteiger partial charge is 0.332 e. The molecular formula is C29H34O10. The molecule has 0 aliphatic heterocycles. The van der Waals surface area contributed by atoms with Gasteiger partial charge < -0.3 is 29.2 Å². The lowest BCUT2D eigenvalue weighted by Crippen LogP contribution is -2.41. The van der Waals surface area contributed by atoms with Crippen molar-refractivity contribution in [1.29, 1.82) is 0 Å². The number of esters is 2. The highest BCUT2D eigenvalue weighted by Gasteiger charge is 2.49. The van der Waals surface area contributed by atoms with Crippen molar-refractivity contribution in [3.05, 3.63) is 83.9 Å². The average molecular weight is 543 g/mol. The first-order valence-electron chi connectivity index (χ1n) is 12.5. The summed E-state index contributed by atoms with van der Waals surface area (Å²) in [7, 11) is 0. The normalized spacial score (nSPS) is 11.0. The zero-order chi connectivity index (χ0) is 28.5.